The lowest BCUT2D eigenvalue weighted by molar-refractivity contribution is -0.136. The summed E-state index contributed by atoms with van der Waals surface area (Å²) >= 11 is 0. The molecule has 0 unspecified atom stereocenters. The van der Waals surface area contributed by atoms with Crippen molar-refractivity contribution in [2.45, 2.75) is 25.7 Å². The van der Waals surface area contributed by atoms with Gasteiger partial charge in [-0.25, -0.2) is 0 Å². The number of carbonyl (C=O) groups is 3. The van der Waals surface area contributed by atoms with Crippen LogP contribution in [0.4, 0.5) is 5.69 Å². The molecular weight excluding hydrogens is 234 g/mol. The van der Waals surface area contributed by atoms with Gasteiger partial charge in [0.05, 0.1) is 12.1 Å². The van der Waals surface area contributed by atoms with Gasteiger partial charge < -0.3 is 5.11 Å². The number of hydrogen-bond acceptors (Lipinski definition) is 3. The molecule has 0 aromatic heterocycles. The van der Waals surface area contributed by atoms with Crippen molar-refractivity contribution in [1.29, 1.82) is 0 Å². The first-order chi connectivity index (χ1) is 8.59. The van der Waals surface area contributed by atoms with Crippen LogP contribution in [-0.4, -0.2) is 22.9 Å². The lowest BCUT2D eigenvalue weighted by Gasteiger charge is -2.26. The van der Waals surface area contributed by atoms with Gasteiger partial charge in [0.1, 0.15) is 0 Å². The van der Waals surface area contributed by atoms with E-state index in [4.69, 9.17) is 5.11 Å². The number of carboxylic acid groups (broad SMARTS) is 1. The molecule has 0 radical (unpaired) electrons. The van der Waals surface area contributed by atoms with Crippen LogP contribution >= 0.6 is 0 Å². The van der Waals surface area contributed by atoms with E-state index in [1.165, 1.54) is 0 Å². The fourth-order valence-corrected chi connectivity index (χ4v) is 2.06. The molecule has 1 aromatic carbocycles. The summed E-state index contributed by atoms with van der Waals surface area (Å²) < 4.78 is 0. The van der Waals surface area contributed by atoms with Gasteiger partial charge in [0.15, 0.2) is 0 Å². The summed E-state index contributed by atoms with van der Waals surface area (Å²) in [5.41, 5.74) is 0.878. The van der Waals surface area contributed by atoms with E-state index in [0.29, 0.717) is 30.5 Å². The number of aliphatic carboxylic acids is 1. The van der Waals surface area contributed by atoms with Crippen molar-refractivity contribution in [3.8, 4) is 0 Å². The lowest BCUT2D eigenvalue weighted by Crippen LogP contribution is -2.40. The highest BCUT2D eigenvalue weighted by Crippen LogP contribution is 2.26. The number of piperidine rings is 1. The van der Waals surface area contributed by atoms with Crippen LogP contribution in [0.5, 0.6) is 0 Å². The van der Waals surface area contributed by atoms with E-state index in [9.17, 15) is 14.4 Å². The second-order valence-corrected chi connectivity index (χ2v) is 4.18. The third kappa shape index (κ3) is 2.40. The fourth-order valence-electron chi connectivity index (χ4n) is 2.06. The molecule has 1 aromatic rings. The molecule has 0 atom stereocenters. The summed E-state index contributed by atoms with van der Waals surface area (Å²) in [5.74, 6) is -1.51. The summed E-state index contributed by atoms with van der Waals surface area (Å²) in [6.45, 7) is 0. The molecule has 0 bridgehead atoms. The lowest BCUT2D eigenvalue weighted by atomic mass is 10.0. The van der Waals surface area contributed by atoms with Crippen LogP contribution in [0.25, 0.3) is 0 Å². The fraction of sp³-hybridized carbons (Fsp3) is 0.308. The third-order valence-electron chi connectivity index (χ3n) is 2.85. The quantitative estimate of drug-likeness (QED) is 0.818. The van der Waals surface area contributed by atoms with Gasteiger partial charge in [-0.2, -0.15) is 0 Å². The van der Waals surface area contributed by atoms with Gasteiger partial charge in [0, 0.05) is 12.8 Å². The van der Waals surface area contributed by atoms with Gasteiger partial charge in [-0.15, -0.1) is 0 Å². The van der Waals surface area contributed by atoms with Gasteiger partial charge in [0.2, 0.25) is 11.8 Å². The predicted molar refractivity (Wildman–Crippen MR) is 64.1 cm³/mol. The van der Waals surface area contributed by atoms with Crippen LogP contribution in [-0.2, 0) is 20.8 Å². The Kier molecular flexibility index (Phi) is 3.41. The van der Waals surface area contributed by atoms with Crippen LogP contribution in [0.2, 0.25) is 0 Å². The van der Waals surface area contributed by atoms with E-state index >= 15 is 0 Å². The molecule has 1 aliphatic rings. The number of imide groups is 1. The maximum Gasteiger partial charge on any atom is 0.307 e. The van der Waals surface area contributed by atoms with Crippen LogP contribution in [0, 0.1) is 0 Å². The first kappa shape index (κ1) is 12.3. The Bertz CT molecular complexity index is 493. The molecular formula is C13H13NO4. The monoisotopic (exact) mass is 247 g/mol. The number of anilines is 1. The molecule has 2 rings (SSSR count). The zero-order chi connectivity index (χ0) is 13.1. The van der Waals surface area contributed by atoms with Crippen molar-refractivity contribution in [3.63, 3.8) is 0 Å². The number of amides is 2. The molecule has 1 N–H and O–H groups in total. The molecule has 1 heterocycles. The van der Waals surface area contributed by atoms with Gasteiger partial charge in [-0.05, 0) is 18.1 Å². The first-order valence-corrected chi connectivity index (χ1v) is 5.75. The summed E-state index contributed by atoms with van der Waals surface area (Å²) in [4.78, 5) is 35.5. The summed E-state index contributed by atoms with van der Waals surface area (Å²) in [5, 5.41) is 8.83. The van der Waals surface area contributed by atoms with Crippen molar-refractivity contribution in [1.82, 2.24) is 0 Å². The second-order valence-electron chi connectivity index (χ2n) is 4.18. The minimum atomic E-state index is -0.987. The van der Waals surface area contributed by atoms with Crippen LogP contribution < -0.4 is 4.90 Å². The number of benzene rings is 1. The SMILES string of the molecule is O=C(O)Cc1ccccc1N1C(=O)CCCC1=O. The van der Waals surface area contributed by atoms with Crippen LogP contribution in [0.1, 0.15) is 24.8 Å². The number of hydrogen-bond donors (Lipinski definition) is 1. The van der Waals surface area contributed by atoms with E-state index in [0.717, 1.165) is 4.90 Å². The van der Waals surface area contributed by atoms with E-state index in [-0.39, 0.29) is 18.2 Å². The van der Waals surface area contributed by atoms with E-state index in [2.05, 4.69) is 0 Å². The molecule has 1 aliphatic heterocycles. The molecule has 2 amide bonds. The average molecular weight is 247 g/mol. The standard InChI is InChI=1S/C13H13NO4/c15-11-6-3-7-12(16)14(11)10-5-2-1-4-9(10)8-13(17)18/h1-2,4-5H,3,6-8H2,(H,17,18). The van der Waals surface area contributed by atoms with E-state index < -0.39 is 5.97 Å². The Balaban J connectivity index is 2.39. The Hall–Kier alpha value is -2.17. The van der Waals surface area contributed by atoms with Gasteiger partial charge in [-0.1, -0.05) is 18.2 Å². The van der Waals surface area contributed by atoms with Crippen LogP contribution in [0.15, 0.2) is 24.3 Å². The van der Waals surface area contributed by atoms with E-state index in [1.54, 1.807) is 24.3 Å². The van der Waals surface area contributed by atoms with Crippen molar-refractivity contribution < 1.29 is 19.5 Å². The predicted octanol–water partition coefficient (Wildman–Crippen LogP) is 1.36. The maximum absolute atomic E-state index is 11.8. The molecule has 1 saturated heterocycles. The Morgan fingerprint density at radius 3 is 2.39 bits per heavy atom. The largest absolute Gasteiger partial charge is 0.481 e. The zero-order valence-electron chi connectivity index (χ0n) is 9.76. The second kappa shape index (κ2) is 5.00. The van der Waals surface area contributed by atoms with Gasteiger partial charge in [-0.3, -0.25) is 19.3 Å². The molecule has 94 valence electrons. The highest BCUT2D eigenvalue weighted by atomic mass is 16.4. The minimum absolute atomic E-state index is 0.201. The normalized spacial score (nSPS) is 15.9. The molecule has 5 nitrogen and oxygen atoms in total. The Morgan fingerprint density at radius 2 is 1.78 bits per heavy atom. The number of nitrogens with zero attached hydrogens (tertiary/aromatic N) is 1. The molecule has 5 heteroatoms. The molecule has 0 spiro atoms. The number of carbonyl (C=O) groups excluding carboxylic acids is 2. The van der Waals surface area contributed by atoms with Gasteiger partial charge in [0.25, 0.3) is 0 Å². The Labute approximate surface area is 104 Å². The first-order valence-electron chi connectivity index (χ1n) is 5.75. The number of carboxylic acids is 1. The average Bonchev–Trinajstić information content (AvgIpc) is 2.30. The molecule has 18 heavy (non-hydrogen) atoms. The smallest absolute Gasteiger partial charge is 0.307 e. The van der Waals surface area contributed by atoms with Crippen molar-refractivity contribution >= 4 is 23.5 Å². The summed E-state index contributed by atoms with van der Waals surface area (Å²) in [7, 11) is 0. The highest BCUT2D eigenvalue weighted by molar-refractivity contribution is 6.16. The number of para-hydroxylation sites is 1. The van der Waals surface area contributed by atoms with Crippen molar-refractivity contribution in [3.05, 3.63) is 29.8 Å². The van der Waals surface area contributed by atoms with Gasteiger partial charge >= 0.3 is 5.97 Å². The maximum atomic E-state index is 11.8. The van der Waals surface area contributed by atoms with E-state index in [1.807, 2.05) is 0 Å². The molecule has 0 saturated carbocycles. The van der Waals surface area contributed by atoms with Crippen molar-refractivity contribution in [2.24, 2.45) is 0 Å². The minimum Gasteiger partial charge on any atom is -0.481 e. The van der Waals surface area contributed by atoms with Crippen LogP contribution in [0.3, 0.4) is 0 Å². The topological polar surface area (TPSA) is 74.7 Å². The third-order valence-corrected chi connectivity index (χ3v) is 2.85. The highest BCUT2D eigenvalue weighted by Gasteiger charge is 2.29. The summed E-state index contributed by atoms with van der Waals surface area (Å²) in [6, 6.07) is 6.62. The molecule has 0 aliphatic carbocycles. The number of rotatable bonds is 3. The Morgan fingerprint density at radius 1 is 1.17 bits per heavy atom. The van der Waals surface area contributed by atoms with Crippen molar-refractivity contribution in [2.75, 3.05) is 4.90 Å². The summed E-state index contributed by atoms with van der Waals surface area (Å²) in [6.07, 6.45) is 1.02. The zero-order valence-corrected chi connectivity index (χ0v) is 9.76. The molecule has 1 fully saturated rings.